The van der Waals surface area contributed by atoms with Crippen LogP contribution in [0.3, 0.4) is 0 Å². The molecule has 2 saturated heterocycles. The number of rotatable bonds is 4. The van der Waals surface area contributed by atoms with Crippen LogP contribution in [-0.2, 0) is 15.0 Å². The van der Waals surface area contributed by atoms with Crippen molar-refractivity contribution in [2.75, 3.05) is 64.7 Å². The first kappa shape index (κ1) is 18.8. The molecule has 2 aliphatic rings. The molecule has 0 saturated carbocycles. The van der Waals surface area contributed by atoms with Gasteiger partial charge in [-0.15, -0.1) is 0 Å². The summed E-state index contributed by atoms with van der Waals surface area (Å²) in [7, 11) is -3.66. The summed E-state index contributed by atoms with van der Waals surface area (Å²) in [5, 5.41) is 10.4. The Bertz CT molecular complexity index is 365. The molecule has 2 N–H and O–H groups in total. The molecule has 2 rings (SSSR count). The molecule has 0 bridgehead atoms. The van der Waals surface area contributed by atoms with Crippen LogP contribution in [-0.4, -0.2) is 92.8 Å². The van der Waals surface area contributed by atoms with Gasteiger partial charge >= 0.3 is 0 Å². The Morgan fingerprint density at radius 1 is 1.00 bits per heavy atom. The van der Waals surface area contributed by atoms with Crippen molar-refractivity contribution in [2.45, 2.75) is 13.8 Å². The third kappa shape index (κ3) is 8.05. The molecule has 126 valence electrons. The van der Waals surface area contributed by atoms with Gasteiger partial charge in [-0.3, -0.25) is 9.39 Å². The maximum absolute atomic E-state index is 9.56. The standard InChI is InChI=1S/C10H22N4O.C2H6O3S/c1-2-15-14-9-7-13(8-10-14)12-5-3-11-4-6-12;1-2-6(3,4)5/h11H,2-10H2,1H3;2H2,1H3,(H,3,4,5). The Kier molecular flexibility index (Phi) is 8.64. The maximum atomic E-state index is 9.56. The van der Waals surface area contributed by atoms with Crippen LogP contribution in [0.15, 0.2) is 0 Å². The van der Waals surface area contributed by atoms with Crippen LogP contribution in [0.1, 0.15) is 13.8 Å². The zero-order valence-electron chi connectivity index (χ0n) is 13.0. The normalized spacial score (nSPS) is 22.6. The maximum Gasteiger partial charge on any atom is 0.264 e. The van der Waals surface area contributed by atoms with Gasteiger partial charge in [0, 0.05) is 52.4 Å². The first-order valence-electron chi connectivity index (χ1n) is 7.49. The average Bonchev–Trinajstić information content (AvgIpc) is 2.49. The van der Waals surface area contributed by atoms with Gasteiger partial charge in [0.2, 0.25) is 0 Å². The number of nitrogens with one attached hydrogen (secondary N) is 1. The molecule has 2 fully saturated rings. The van der Waals surface area contributed by atoms with Gasteiger partial charge in [-0.2, -0.15) is 13.5 Å². The Balaban J connectivity index is 0.000000315. The minimum atomic E-state index is -3.66. The molecule has 9 heteroatoms. The van der Waals surface area contributed by atoms with E-state index in [1.165, 1.54) is 6.92 Å². The number of hydrazine groups is 1. The number of piperazine rings is 2. The quantitative estimate of drug-likeness (QED) is 0.655. The molecule has 8 nitrogen and oxygen atoms in total. The van der Waals surface area contributed by atoms with E-state index in [0.29, 0.717) is 0 Å². The summed E-state index contributed by atoms with van der Waals surface area (Å²) in [5.41, 5.74) is 0. The van der Waals surface area contributed by atoms with E-state index in [1.54, 1.807) is 0 Å². The summed E-state index contributed by atoms with van der Waals surface area (Å²) < 4.78 is 26.9. The Hall–Kier alpha value is -0.290. The molecule has 0 aromatic rings. The predicted octanol–water partition coefficient (Wildman–Crippen LogP) is -0.730. The topological polar surface area (TPSA) is 85.4 Å². The average molecular weight is 324 g/mol. The van der Waals surface area contributed by atoms with E-state index in [0.717, 1.165) is 59.0 Å². The number of nitrogens with zero attached hydrogens (tertiary/aromatic N) is 3. The first-order chi connectivity index (χ1) is 9.96. The van der Waals surface area contributed by atoms with Gasteiger partial charge < -0.3 is 5.32 Å². The van der Waals surface area contributed by atoms with E-state index in [2.05, 4.69) is 20.4 Å². The monoisotopic (exact) mass is 324 g/mol. The van der Waals surface area contributed by atoms with Crippen LogP contribution in [0.2, 0.25) is 0 Å². The lowest BCUT2D eigenvalue weighted by molar-refractivity contribution is -0.195. The summed E-state index contributed by atoms with van der Waals surface area (Å²) in [5.74, 6) is -0.201. The second-order valence-corrected chi connectivity index (χ2v) is 6.62. The Labute approximate surface area is 127 Å². The van der Waals surface area contributed by atoms with Gasteiger partial charge in [0.05, 0.1) is 12.4 Å². The van der Waals surface area contributed by atoms with Gasteiger partial charge in [0.25, 0.3) is 10.1 Å². The lowest BCUT2D eigenvalue weighted by atomic mass is 10.3. The number of hydrogen-bond acceptors (Lipinski definition) is 7. The van der Waals surface area contributed by atoms with Crippen molar-refractivity contribution < 1.29 is 17.8 Å². The van der Waals surface area contributed by atoms with Crippen molar-refractivity contribution >= 4 is 10.1 Å². The smallest absolute Gasteiger partial charge is 0.264 e. The molecule has 0 radical (unpaired) electrons. The highest BCUT2D eigenvalue weighted by Gasteiger charge is 2.23. The molecule has 0 atom stereocenters. The van der Waals surface area contributed by atoms with Gasteiger partial charge in [-0.1, -0.05) is 0 Å². The summed E-state index contributed by atoms with van der Waals surface area (Å²) in [4.78, 5) is 5.49. The molecule has 2 aliphatic heterocycles. The number of hydrogen-bond donors (Lipinski definition) is 2. The van der Waals surface area contributed by atoms with E-state index < -0.39 is 10.1 Å². The molecule has 0 aromatic heterocycles. The summed E-state index contributed by atoms with van der Waals surface area (Å²) >= 11 is 0. The molecule has 0 amide bonds. The van der Waals surface area contributed by atoms with E-state index in [-0.39, 0.29) is 5.75 Å². The predicted molar refractivity (Wildman–Crippen MR) is 81.3 cm³/mol. The van der Waals surface area contributed by atoms with Crippen molar-refractivity contribution in [1.82, 2.24) is 20.4 Å². The zero-order chi connectivity index (χ0) is 15.7. The largest absolute Gasteiger partial charge is 0.314 e. The van der Waals surface area contributed by atoms with Crippen LogP contribution in [0.5, 0.6) is 0 Å². The fraction of sp³-hybridized carbons (Fsp3) is 1.00. The summed E-state index contributed by atoms with van der Waals surface area (Å²) in [6.45, 7) is 13.0. The lowest BCUT2D eigenvalue weighted by Gasteiger charge is -2.42. The molecule has 0 unspecified atom stereocenters. The van der Waals surface area contributed by atoms with Crippen LogP contribution in [0, 0.1) is 0 Å². The third-order valence-electron chi connectivity index (χ3n) is 3.38. The minimum absolute atomic E-state index is 0.201. The molecule has 0 spiro atoms. The Morgan fingerprint density at radius 2 is 1.48 bits per heavy atom. The fourth-order valence-electron chi connectivity index (χ4n) is 2.21. The fourth-order valence-corrected chi connectivity index (χ4v) is 2.21. The molecule has 0 aromatic carbocycles. The number of hydroxylamine groups is 2. The highest BCUT2D eigenvalue weighted by molar-refractivity contribution is 7.85. The Morgan fingerprint density at radius 3 is 1.90 bits per heavy atom. The molecule has 0 aliphatic carbocycles. The van der Waals surface area contributed by atoms with Crippen LogP contribution in [0.4, 0.5) is 0 Å². The highest BCUT2D eigenvalue weighted by Crippen LogP contribution is 2.06. The van der Waals surface area contributed by atoms with Crippen molar-refractivity contribution in [1.29, 1.82) is 0 Å². The van der Waals surface area contributed by atoms with Gasteiger partial charge in [0.15, 0.2) is 0 Å². The van der Waals surface area contributed by atoms with Gasteiger partial charge in [-0.25, -0.2) is 10.0 Å². The van der Waals surface area contributed by atoms with Crippen molar-refractivity contribution in [3.05, 3.63) is 0 Å². The van der Waals surface area contributed by atoms with E-state index in [9.17, 15) is 8.42 Å². The van der Waals surface area contributed by atoms with E-state index in [1.807, 2.05) is 6.92 Å². The van der Waals surface area contributed by atoms with E-state index >= 15 is 0 Å². The highest BCUT2D eigenvalue weighted by atomic mass is 32.2. The zero-order valence-corrected chi connectivity index (χ0v) is 13.8. The third-order valence-corrected chi connectivity index (χ3v) is 4.11. The second kappa shape index (κ2) is 9.67. The van der Waals surface area contributed by atoms with Crippen LogP contribution in [0.25, 0.3) is 0 Å². The second-order valence-electron chi connectivity index (χ2n) is 4.87. The van der Waals surface area contributed by atoms with Gasteiger partial charge in [-0.05, 0) is 13.8 Å². The van der Waals surface area contributed by atoms with Gasteiger partial charge in [0.1, 0.15) is 0 Å². The summed E-state index contributed by atoms with van der Waals surface area (Å²) in [6.07, 6.45) is 0. The molecule has 21 heavy (non-hydrogen) atoms. The molecule has 2 heterocycles. The first-order valence-corrected chi connectivity index (χ1v) is 9.10. The molecular formula is C12H28N4O4S. The van der Waals surface area contributed by atoms with Crippen molar-refractivity contribution in [3.63, 3.8) is 0 Å². The van der Waals surface area contributed by atoms with E-state index in [4.69, 9.17) is 9.39 Å². The van der Waals surface area contributed by atoms with Crippen LogP contribution >= 0.6 is 0 Å². The molecular weight excluding hydrogens is 296 g/mol. The summed E-state index contributed by atoms with van der Waals surface area (Å²) in [6, 6.07) is 0. The SMILES string of the molecule is CCON1CCN(N2CCNCC2)CC1.CCS(=O)(=O)O. The van der Waals surface area contributed by atoms with Crippen LogP contribution < -0.4 is 5.32 Å². The lowest BCUT2D eigenvalue weighted by Crippen LogP contribution is -2.58. The minimum Gasteiger partial charge on any atom is -0.314 e. The van der Waals surface area contributed by atoms with Crippen molar-refractivity contribution in [2.24, 2.45) is 0 Å². The van der Waals surface area contributed by atoms with Crippen molar-refractivity contribution in [3.8, 4) is 0 Å².